The van der Waals surface area contributed by atoms with Crippen LogP contribution in [-0.4, -0.2) is 214 Å². The summed E-state index contributed by atoms with van der Waals surface area (Å²) in [5.41, 5.74) is -0.574. The lowest BCUT2D eigenvalue weighted by atomic mass is 9.99. The van der Waals surface area contributed by atoms with Crippen LogP contribution in [0.4, 0.5) is 0 Å². The first-order valence-corrected chi connectivity index (χ1v) is 25.8. The van der Waals surface area contributed by atoms with Crippen molar-refractivity contribution >= 4 is 36.8 Å². The van der Waals surface area contributed by atoms with Gasteiger partial charge in [0.2, 0.25) is 11.8 Å². The molecule has 0 fully saturated rings. The molecular weight excluding hydrogens is 931 g/mol. The van der Waals surface area contributed by atoms with E-state index in [1.165, 1.54) is 0 Å². The van der Waals surface area contributed by atoms with E-state index in [1.807, 2.05) is 0 Å². The van der Waals surface area contributed by atoms with Crippen molar-refractivity contribution in [2.24, 2.45) is 0 Å². The van der Waals surface area contributed by atoms with Crippen LogP contribution in [-0.2, 0) is 89.9 Å². The Labute approximate surface area is 410 Å². The molecule has 406 valence electrons. The molecule has 3 unspecified atom stereocenters. The van der Waals surface area contributed by atoms with Gasteiger partial charge in [-0.3, -0.25) is 24.0 Å². The summed E-state index contributed by atoms with van der Waals surface area (Å²) in [7, 11) is 0.871. The monoisotopic (exact) mass is 1020 g/mol. The molecule has 0 aromatic rings. The van der Waals surface area contributed by atoms with E-state index in [4.69, 9.17) is 61.4 Å². The van der Waals surface area contributed by atoms with Crippen molar-refractivity contribution in [2.45, 2.75) is 102 Å². The van der Waals surface area contributed by atoms with Gasteiger partial charge in [-0.1, -0.05) is 13.8 Å². The third-order valence-corrected chi connectivity index (χ3v) is 11.6. The maximum atomic E-state index is 13.3. The molecule has 0 saturated heterocycles. The predicted molar refractivity (Wildman–Crippen MR) is 251 cm³/mol. The van der Waals surface area contributed by atoms with Crippen molar-refractivity contribution in [1.29, 1.82) is 0 Å². The number of hydrogen-bond donors (Lipinski definition) is 2. The molecule has 0 saturated carbocycles. The normalized spacial score (nSPS) is 13.3. The molecule has 2 amide bonds. The Morgan fingerprint density at radius 3 is 1.12 bits per heavy atom. The Balaban J connectivity index is 4.68. The number of hydrogen-bond acceptors (Lipinski definition) is 20. The molecule has 3 atom stereocenters. The van der Waals surface area contributed by atoms with Gasteiger partial charge >= 0.3 is 0 Å². The first-order valence-electron chi connectivity index (χ1n) is 24.1. The fraction of sp³-hybridized carbons (Fsp3) is 0.891. The quantitative estimate of drug-likeness (QED) is 0.0652. The Morgan fingerprint density at radius 2 is 0.725 bits per heavy atom. The lowest BCUT2D eigenvalue weighted by Crippen LogP contribution is -2.44. The standard InChI is InChI=1S/C46H87N2O20P/c1-39(2)69(54,55)68-38-37-67-36-35-66-34-33-65-32-31-64-30-29-63-28-27-62-20-16-46(53)48-42(44(51)11-8-19-61-26-23-58-5)14-15-45(52)47-41(43(50)10-7-18-60-25-22-57-4)13-12-40(49)9-6-17-59-24-21-56-3/h39,41-42H,6-38H2,1-5H3,(H,47,52)(H,48,53)(H,54,55)/p-1. The highest BCUT2D eigenvalue weighted by atomic mass is 31.2. The molecule has 69 heavy (non-hydrogen) atoms. The summed E-state index contributed by atoms with van der Waals surface area (Å²) < 4.78 is 80.4. The number of Topliss-reactive ketones (excluding diaryl/α,β-unsaturated/α-hetero) is 3. The van der Waals surface area contributed by atoms with Crippen LogP contribution in [0, 0.1) is 0 Å². The van der Waals surface area contributed by atoms with Gasteiger partial charge in [-0.05, 0) is 32.1 Å². The number of rotatable bonds is 54. The summed E-state index contributed by atoms with van der Waals surface area (Å²) in [4.78, 5) is 77.1. The highest BCUT2D eigenvalue weighted by molar-refractivity contribution is 7.52. The molecule has 0 bridgehead atoms. The summed E-state index contributed by atoms with van der Waals surface area (Å²) in [6.07, 6.45) is 1.93. The Kier molecular flexibility index (Phi) is 46.3. The summed E-state index contributed by atoms with van der Waals surface area (Å²) in [6, 6.07) is -1.87. The number of methoxy groups -OCH3 is 3. The van der Waals surface area contributed by atoms with E-state index in [0.29, 0.717) is 132 Å². The number of amides is 2. The zero-order chi connectivity index (χ0) is 51.1. The highest BCUT2D eigenvalue weighted by Crippen LogP contribution is 2.42. The van der Waals surface area contributed by atoms with Gasteiger partial charge in [0.05, 0.1) is 138 Å². The minimum atomic E-state index is -3.83. The average Bonchev–Trinajstić information content (AvgIpc) is 3.32. The second-order valence-corrected chi connectivity index (χ2v) is 18.2. The van der Waals surface area contributed by atoms with Crippen LogP contribution in [0.2, 0.25) is 0 Å². The molecule has 0 aromatic heterocycles. The van der Waals surface area contributed by atoms with Crippen molar-refractivity contribution in [2.75, 3.05) is 167 Å². The number of ether oxygens (including phenoxy) is 12. The van der Waals surface area contributed by atoms with Gasteiger partial charge < -0.3 is 81.5 Å². The smallest absolute Gasteiger partial charge is 0.222 e. The molecular formula is C46H86N2O20P-. The second-order valence-electron chi connectivity index (χ2n) is 15.8. The van der Waals surface area contributed by atoms with Crippen molar-refractivity contribution < 1.29 is 94.8 Å². The zero-order valence-electron chi connectivity index (χ0n) is 42.2. The Bertz CT molecular complexity index is 1330. The van der Waals surface area contributed by atoms with Gasteiger partial charge in [0.25, 0.3) is 0 Å². The molecule has 0 rings (SSSR count). The minimum absolute atomic E-state index is 0.000121. The van der Waals surface area contributed by atoms with Crippen LogP contribution in [0.1, 0.15) is 84.5 Å². The maximum absolute atomic E-state index is 13.3. The van der Waals surface area contributed by atoms with E-state index in [2.05, 4.69) is 10.6 Å². The molecule has 22 nitrogen and oxygen atoms in total. The summed E-state index contributed by atoms with van der Waals surface area (Å²) in [5.74, 6) is -1.45. The van der Waals surface area contributed by atoms with E-state index < -0.39 is 37.2 Å². The maximum Gasteiger partial charge on any atom is 0.222 e. The van der Waals surface area contributed by atoms with Crippen LogP contribution < -0.4 is 15.5 Å². The first kappa shape index (κ1) is 66.6. The van der Waals surface area contributed by atoms with Crippen LogP contribution in [0.15, 0.2) is 0 Å². The number of carbonyl (C=O) groups excluding carboxylic acids is 5. The van der Waals surface area contributed by atoms with Crippen LogP contribution in [0.25, 0.3) is 0 Å². The van der Waals surface area contributed by atoms with Crippen LogP contribution in [0.5, 0.6) is 0 Å². The number of nitrogens with one attached hydrogen (secondary N) is 2. The van der Waals surface area contributed by atoms with Gasteiger partial charge in [0.15, 0.2) is 11.6 Å². The lowest BCUT2D eigenvalue weighted by molar-refractivity contribution is -0.201. The van der Waals surface area contributed by atoms with E-state index >= 15 is 0 Å². The number of carbonyl (C=O) groups is 5. The fourth-order valence-electron chi connectivity index (χ4n) is 5.75. The molecule has 0 spiro atoms. The lowest BCUT2D eigenvalue weighted by Gasteiger charge is -2.26. The zero-order valence-corrected chi connectivity index (χ0v) is 43.1. The van der Waals surface area contributed by atoms with Crippen LogP contribution >= 0.6 is 7.60 Å². The summed E-state index contributed by atoms with van der Waals surface area (Å²) in [5, 5.41) is 5.53. The number of ketones is 3. The second kappa shape index (κ2) is 47.9. The van der Waals surface area contributed by atoms with Crippen molar-refractivity contribution in [1.82, 2.24) is 10.6 Å². The molecule has 0 heterocycles. The van der Waals surface area contributed by atoms with E-state index in [9.17, 15) is 33.4 Å². The topological polar surface area (TPSA) is 270 Å². The molecule has 0 aliphatic heterocycles. The van der Waals surface area contributed by atoms with Crippen molar-refractivity contribution in [3.8, 4) is 0 Å². The van der Waals surface area contributed by atoms with Crippen LogP contribution in [0.3, 0.4) is 0 Å². The summed E-state index contributed by atoms with van der Waals surface area (Å²) in [6.45, 7) is 10.2. The minimum Gasteiger partial charge on any atom is -0.778 e. The molecule has 0 aliphatic rings. The Hall–Kier alpha value is -2.38. The largest absolute Gasteiger partial charge is 0.778 e. The van der Waals surface area contributed by atoms with Gasteiger partial charge in [-0.25, -0.2) is 0 Å². The van der Waals surface area contributed by atoms with Gasteiger partial charge in [-0.15, -0.1) is 0 Å². The van der Waals surface area contributed by atoms with E-state index in [1.54, 1.807) is 35.2 Å². The Morgan fingerprint density at radius 1 is 0.406 bits per heavy atom. The van der Waals surface area contributed by atoms with E-state index in [0.717, 1.165) is 0 Å². The highest BCUT2D eigenvalue weighted by Gasteiger charge is 2.25. The van der Waals surface area contributed by atoms with Crippen molar-refractivity contribution in [3.63, 3.8) is 0 Å². The SMILES string of the molecule is COCCOCCCC(=O)CCC(NC(=O)CCC(NC(=O)CCOCCOCCOCCOCCOCCOCCOP(=O)([O-])C(C)C)C(=O)CCCOCCOC)C(=O)CCCOCCOC. The van der Waals surface area contributed by atoms with E-state index in [-0.39, 0.29) is 102 Å². The molecule has 0 radical (unpaired) electrons. The molecule has 0 aliphatic carbocycles. The summed E-state index contributed by atoms with van der Waals surface area (Å²) >= 11 is 0. The predicted octanol–water partition coefficient (Wildman–Crippen LogP) is 2.02. The molecule has 0 aromatic carbocycles. The fourth-order valence-corrected chi connectivity index (χ4v) is 6.38. The van der Waals surface area contributed by atoms with Gasteiger partial charge in [0.1, 0.15) is 13.4 Å². The van der Waals surface area contributed by atoms with Gasteiger partial charge in [0, 0.05) is 85.3 Å². The first-order chi connectivity index (χ1) is 33.4. The third-order valence-electron chi connectivity index (χ3n) is 9.75. The van der Waals surface area contributed by atoms with Crippen molar-refractivity contribution in [3.05, 3.63) is 0 Å². The molecule has 2 N–H and O–H groups in total. The van der Waals surface area contributed by atoms with Gasteiger partial charge in [-0.2, -0.15) is 0 Å². The average molecular weight is 1020 g/mol. The third kappa shape index (κ3) is 43.0. The molecule has 23 heteroatoms.